The number of rotatable bonds is 3. The molecule has 0 atom stereocenters. The topological polar surface area (TPSA) is 48.6 Å². The van der Waals surface area contributed by atoms with Gasteiger partial charge in [-0.2, -0.15) is 0 Å². The van der Waals surface area contributed by atoms with E-state index in [-0.39, 0.29) is 11.4 Å². The molecule has 0 aliphatic heterocycles. The molecule has 94 valence electrons. The molecule has 0 unspecified atom stereocenters. The largest absolute Gasteiger partial charge is 0.336 e. The number of nitrogens with one attached hydrogen (secondary N) is 2. The third kappa shape index (κ3) is 2.73. The Kier molecular flexibility index (Phi) is 3.72. The van der Waals surface area contributed by atoms with Gasteiger partial charge in [-0.3, -0.25) is 9.78 Å². The Labute approximate surface area is 109 Å². The maximum absolute atomic E-state index is 13.1. The molecular weight excluding hydrogens is 251 g/mol. The van der Waals surface area contributed by atoms with Crippen LogP contribution in [0.25, 0.3) is 0 Å². The third-order valence-corrected chi connectivity index (χ3v) is 2.96. The number of aromatic amines is 2. The van der Waals surface area contributed by atoms with Crippen molar-refractivity contribution >= 4 is 12.2 Å². The SMILES string of the molecule is CCc1[nH]c(=S)[nH]c(=O)c1Cc1cccc(F)c1. The van der Waals surface area contributed by atoms with Crippen molar-refractivity contribution in [2.24, 2.45) is 0 Å². The maximum atomic E-state index is 13.1. The van der Waals surface area contributed by atoms with Gasteiger partial charge in [0.15, 0.2) is 4.77 Å². The zero-order chi connectivity index (χ0) is 13.1. The highest BCUT2D eigenvalue weighted by Gasteiger charge is 2.08. The zero-order valence-electron chi connectivity index (χ0n) is 9.92. The van der Waals surface area contributed by atoms with Gasteiger partial charge in [-0.15, -0.1) is 0 Å². The summed E-state index contributed by atoms with van der Waals surface area (Å²) in [5.74, 6) is -0.300. The lowest BCUT2D eigenvalue weighted by molar-refractivity contribution is 0.626. The molecule has 0 radical (unpaired) electrons. The van der Waals surface area contributed by atoms with Crippen LogP contribution in [0.3, 0.4) is 0 Å². The highest BCUT2D eigenvalue weighted by molar-refractivity contribution is 7.71. The number of aryl methyl sites for hydroxylation is 1. The Bertz CT molecular complexity index is 675. The second-order valence-corrected chi connectivity index (χ2v) is 4.43. The molecule has 0 fully saturated rings. The Morgan fingerprint density at radius 2 is 2.11 bits per heavy atom. The first-order valence-corrected chi connectivity index (χ1v) is 6.09. The fourth-order valence-electron chi connectivity index (χ4n) is 1.90. The van der Waals surface area contributed by atoms with Crippen LogP contribution in [-0.4, -0.2) is 9.97 Å². The second-order valence-electron chi connectivity index (χ2n) is 4.03. The molecule has 1 aromatic heterocycles. The highest BCUT2D eigenvalue weighted by Crippen LogP contribution is 2.10. The fourth-order valence-corrected chi connectivity index (χ4v) is 2.12. The summed E-state index contributed by atoms with van der Waals surface area (Å²) in [5.41, 5.74) is 1.96. The van der Waals surface area contributed by atoms with Crippen LogP contribution in [-0.2, 0) is 12.8 Å². The van der Waals surface area contributed by atoms with Crippen LogP contribution in [0.15, 0.2) is 29.1 Å². The van der Waals surface area contributed by atoms with E-state index in [1.807, 2.05) is 6.92 Å². The predicted octanol–water partition coefficient (Wildman–Crippen LogP) is 2.72. The molecule has 5 heteroatoms. The van der Waals surface area contributed by atoms with E-state index < -0.39 is 0 Å². The van der Waals surface area contributed by atoms with Gasteiger partial charge in [-0.1, -0.05) is 19.1 Å². The van der Waals surface area contributed by atoms with E-state index in [0.717, 1.165) is 11.3 Å². The van der Waals surface area contributed by atoms with Gasteiger partial charge in [0.25, 0.3) is 5.56 Å². The molecule has 0 aliphatic rings. The third-order valence-electron chi connectivity index (χ3n) is 2.75. The molecule has 0 saturated carbocycles. The van der Waals surface area contributed by atoms with Crippen LogP contribution in [0, 0.1) is 10.6 Å². The van der Waals surface area contributed by atoms with E-state index in [9.17, 15) is 9.18 Å². The fraction of sp³-hybridized carbons (Fsp3) is 0.231. The lowest BCUT2D eigenvalue weighted by atomic mass is 10.0. The molecule has 0 aliphatic carbocycles. The molecule has 0 saturated heterocycles. The summed E-state index contributed by atoms with van der Waals surface area (Å²) < 4.78 is 13.4. The summed E-state index contributed by atoms with van der Waals surface area (Å²) in [4.78, 5) is 17.4. The number of benzene rings is 1. The normalized spacial score (nSPS) is 10.6. The summed E-state index contributed by atoms with van der Waals surface area (Å²) >= 11 is 4.93. The van der Waals surface area contributed by atoms with Gasteiger partial charge >= 0.3 is 0 Å². The number of hydrogen-bond donors (Lipinski definition) is 2. The Morgan fingerprint density at radius 3 is 2.78 bits per heavy atom. The summed E-state index contributed by atoms with van der Waals surface area (Å²) in [5, 5.41) is 0. The van der Waals surface area contributed by atoms with Gasteiger partial charge in [0, 0.05) is 17.7 Å². The minimum atomic E-state index is -0.300. The lowest BCUT2D eigenvalue weighted by Crippen LogP contribution is -2.18. The molecule has 0 bridgehead atoms. The smallest absolute Gasteiger partial charge is 0.255 e. The monoisotopic (exact) mass is 264 g/mol. The zero-order valence-corrected chi connectivity index (χ0v) is 10.7. The van der Waals surface area contributed by atoms with Crippen molar-refractivity contribution < 1.29 is 4.39 Å². The summed E-state index contributed by atoms with van der Waals surface area (Å²) in [6, 6.07) is 6.24. The second kappa shape index (κ2) is 5.27. The van der Waals surface area contributed by atoms with E-state index in [4.69, 9.17) is 12.2 Å². The van der Waals surface area contributed by atoms with Crippen molar-refractivity contribution in [1.29, 1.82) is 0 Å². The Morgan fingerprint density at radius 1 is 1.33 bits per heavy atom. The van der Waals surface area contributed by atoms with Gasteiger partial charge in [-0.25, -0.2) is 4.39 Å². The first-order valence-electron chi connectivity index (χ1n) is 5.69. The van der Waals surface area contributed by atoms with Crippen molar-refractivity contribution in [1.82, 2.24) is 9.97 Å². The quantitative estimate of drug-likeness (QED) is 0.837. The first kappa shape index (κ1) is 12.7. The van der Waals surface area contributed by atoms with Crippen LogP contribution in [0.2, 0.25) is 0 Å². The van der Waals surface area contributed by atoms with Crippen LogP contribution < -0.4 is 5.56 Å². The van der Waals surface area contributed by atoms with Crippen molar-refractivity contribution in [2.75, 3.05) is 0 Å². The predicted molar refractivity (Wildman–Crippen MR) is 70.8 cm³/mol. The summed E-state index contributed by atoms with van der Waals surface area (Å²) in [7, 11) is 0. The van der Waals surface area contributed by atoms with Crippen molar-refractivity contribution in [2.45, 2.75) is 19.8 Å². The van der Waals surface area contributed by atoms with E-state index in [1.54, 1.807) is 12.1 Å². The Balaban J connectivity index is 2.46. The highest BCUT2D eigenvalue weighted by atomic mass is 32.1. The van der Waals surface area contributed by atoms with Crippen LogP contribution >= 0.6 is 12.2 Å². The molecule has 1 heterocycles. The van der Waals surface area contributed by atoms with E-state index >= 15 is 0 Å². The van der Waals surface area contributed by atoms with Gasteiger partial charge in [0.2, 0.25) is 0 Å². The average Bonchev–Trinajstić information content (AvgIpc) is 2.32. The van der Waals surface area contributed by atoms with Gasteiger partial charge in [-0.05, 0) is 36.3 Å². The molecule has 0 amide bonds. The molecule has 18 heavy (non-hydrogen) atoms. The number of hydrogen-bond acceptors (Lipinski definition) is 2. The lowest BCUT2D eigenvalue weighted by Gasteiger charge is -2.07. The summed E-state index contributed by atoms with van der Waals surface area (Å²) in [6.45, 7) is 1.94. The van der Waals surface area contributed by atoms with Gasteiger partial charge in [0.05, 0.1) is 0 Å². The van der Waals surface area contributed by atoms with Gasteiger partial charge < -0.3 is 4.98 Å². The van der Waals surface area contributed by atoms with Crippen LogP contribution in [0.4, 0.5) is 4.39 Å². The van der Waals surface area contributed by atoms with Crippen molar-refractivity contribution in [3.05, 3.63) is 62.0 Å². The average molecular weight is 264 g/mol. The molecule has 0 spiro atoms. The molecule has 2 N–H and O–H groups in total. The molecule has 2 rings (SSSR count). The van der Waals surface area contributed by atoms with E-state index in [1.165, 1.54) is 12.1 Å². The van der Waals surface area contributed by atoms with Gasteiger partial charge in [0.1, 0.15) is 5.82 Å². The van der Waals surface area contributed by atoms with Crippen molar-refractivity contribution in [3.63, 3.8) is 0 Å². The summed E-state index contributed by atoms with van der Waals surface area (Å²) in [6.07, 6.45) is 1.07. The molecule has 2 aromatic rings. The first-order chi connectivity index (χ1) is 8.60. The molecule has 3 nitrogen and oxygen atoms in total. The van der Waals surface area contributed by atoms with Crippen LogP contribution in [0.1, 0.15) is 23.7 Å². The number of halogens is 1. The van der Waals surface area contributed by atoms with E-state index in [0.29, 0.717) is 23.2 Å². The molecular formula is C13H13FN2OS. The number of aromatic nitrogens is 2. The van der Waals surface area contributed by atoms with Crippen LogP contribution in [0.5, 0.6) is 0 Å². The number of H-pyrrole nitrogens is 2. The van der Waals surface area contributed by atoms with E-state index in [2.05, 4.69) is 9.97 Å². The molecule has 1 aromatic carbocycles. The van der Waals surface area contributed by atoms with Crippen molar-refractivity contribution in [3.8, 4) is 0 Å². The Hall–Kier alpha value is -1.75. The minimum absolute atomic E-state index is 0.208. The maximum Gasteiger partial charge on any atom is 0.255 e. The standard InChI is InChI=1S/C13H13FN2OS/c1-2-11-10(12(17)16-13(18)15-11)7-8-4-3-5-9(14)6-8/h3-6H,2,7H2,1H3,(H2,15,16,17,18). The minimum Gasteiger partial charge on any atom is -0.336 e.